The van der Waals surface area contributed by atoms with E-state index in [-0.39, 0.29) is 12.5 Å². The maximum absolute atomic E-state index is 12.3. The molecule has 1 aliphatic rings. The minimum absolute atomic E-state index is 0.201. The number of hydrogen-bond donors (Lipinski definition) is 2. The zero-order chi connectivity index (χ0) is 16.2. The van der Waals surface area contributed by atoms with Gasteiger partial charge in [0, 0.05) is 37.1 Å². The molecule has 6 heteroatoms. The van der Waals surface area contributed by atoms with Crippen molar-refractivity contribution >= 4 is 16.9 Å². The highest BCUT2D eigenvalue weighted by atomic mass is 16.5. The molecule has 124 valence electrons. The van der Waals surface area contributed by atoms with E-state index in [0.717, 1.165) is 24.0 Å². The highest BCUT2D eigenvalue weighted by Gasteiger charge is 2.19. The van der Waals surface area contributed by atoms with Gasteiger partial charge in [0.2, 0.25) is 0 Å². The van der Waals surface area contributed by atoms with E-state index in [1.165, 1.54) is 0 Å². The number of nitrogens with zero attached hydrogens (tertiary/aromatic N) is 1. The van der Waals surface area contributed by atoms with Crippen LogP contribution in [0.15, 0.2) is 28.7 Å². The van der Waals surface area contributed by atoms with Gasteiger partial charge in [0.25, 0.3) is 5.91 Å². The van der Waals surface area contributed by atoms with Gasteiger partial charge in [-0.25, -0.2) is 0 Å². The number of rotatable bonds is 5. The molecule has 0 spiro atoms. The van der Waals surface area contributed by atoms with Crippen molar-refractivity contribution in [3.63, 3.8) is 0 Å². The molecular weight excluding hydrogens is 296 g/mol. The molecule has 6 nitrogen and oxygen atoms in total. The largest absolute Gasteiger partial charge is 0.451 e. The van der Waals surface area contributed by atoms with Crippen LogP contribution in [0, 0.1) is 6.92 Å². The summed E-state index contributed by atoms with van der Waals surface area (Å²) < 4.78 is 10.9. The van der Waals surface area contributed by atoms with E-state index in [1.807, 2.05) is 31.2 Å². The van der Waals surface area contributed by atoms with Crippen LogP contribution in [-0.2, 0) is 4.74 Å². The predicted molar refractivity (Wildman–Crippen MR) is 86.6 cm³/mol. The van der Waals surface area contributed by atoms with E-state index in [1.54, 1.807) is 0 Å². The van der Waals surface area contributed by atoms with E-state index >= 15 is 0 Å². The van der Waals surface area contributed by atoms with Gasteiger partial charge in [0.05, 0.1) is 19.3 Å². The van der Waals surface area contributed by atoms with Gasteiger partial charge in [-0.2, -0.15) is 0 Å². The second-order valence-corrected chi connectivity index (χ2v) is 5.83. The minimum Gasteiger partial charge on any atom is -0.451 e. The van der Waals surface area contributed by atoms with Gasteiger partial charge in [-0.1, -0.05) is 18.2 Å². The SMILES string of the molecule is Cc1c(C(=O)NCC(O)CN2CCOCC2)oc2ccccc12. The Morgan fingerprint density at radius 2 is 2.09 bits per heavy atom. The molecule has 2 heterocycles. The van der Waals surface area contributed by atoms with E-state index in [2.05, 4.69) is 10.2 Å². The van der Waals surface area contributed by atoms with Crippen LogP contribution < -0.4 is 5.32 Å². The van der Waals surface area contributed by atoms with Crippen molar-refractivity contribution in [2.45, 2.75) is 13.0 Å². The standard InChI is InChI=1S/C17H22N2O4/c1-12-14-4-2-3-5-15(14)23-16(12)17(21)18-10-13(20)11-19-6-8-22-9-7-19/h2-5,13,20H,6-11H2,1H3,(H,18,21). The van der Waals surface area contributed by atoms with Crippen molar-refractivity contribution in [2.75, 3.05) is 39.4 Å². The number of para-hydroxylation sites is 1. The monoisotopic (exact) mass is 318 g/mol. The number of ether oxygens (including phenoxy) is 1. The van der Waals surface area contributed by atoms with Gasteiger partial charge in [-0.3, -0.25) is 9.69 Å². The first-order chi connectivity index (χ1) is 11.1. The van der Waals surface area contributed by atoms with Crippen molar-refractivity contribution in [1.82, 2.24) is 10.2 Å². The van der Waals surface area contributed by atoms with Gasteiger partial charge in [0.1, 0.15) is 5.58 Å². The molecule has 3 rings (SSSR count). The molecular formula is C17H22N2O4. The first-order valence-electron chi connectivity index (χ1n) is 7.89. The summed E-state index contributed by atoms with van der Waals surface area (Å²) in [5.74, 6) is 0.0181. The maximum atomic E-state index is 12.3. The number of aryl methyl sites for hydroxylation is 1. The lowest BCUT2D eigenvalue weighted by Crippen LogP contribution is -2.44. The number of morpholine rings is 1. The smallest absolute Gasteiger partial charge is 0.287 e. The molecule has 23 heavy (non-hydrogen) atoms. The highest BCUT2D eigenvalue weighted by molar-refractivity contribution is 5.98. The summed E-state index contributed by atoms with van der Waals surface area (Å²) in [6.07, 6.45) is -0.610. The molecule has 2 aromatic rings. The number of amides is 1. The van der Waals surface area contributed by atoms with Crippen LogP contribution >= 0.6 is 0 Å². The van der Waals surface area contributed by atoms with Crippen LogP contribution in [0.4, 0.5) is 0 Å². The fourth-order valence-electron chi connectivity index (χ4n) is 2.83. The lowest BCUT2D eigenvalue weighted by molar-refractivity contribution is 0.0148. The number of benzene rings is 1. The Morgan fingerprint density at radius 1 is 1.35 bits per heavy atom. The van der Waals surface area contributed by atoms with Crippen LogP contribution in [-0.4, -0.2) is 61.4 Å². The van der Waals surface area contributed by atoms with Crippen LogP contribution in [0.3, 0.4) is 0 Å². The molecule has 1 amide bonds. The summed E-state index contributed by atoms with van der Waals surface area (Å²) in [6.45, 7) is 5.61. The minimum atomic E-state index is -0.610. The van der Waals surface area contributed by atoms with E-state index in [0.29, 0.717) is 31.1 Å². The third kappa shape index (κ3) is 3.72. The third-order valence-corrected chi connectivity index (χ3v) is 4.12. The van der Waals surface area contributed by atoms with Gasteiger partial charge >= 0.3 is 0 Å². The molecule has 2 N–H and O–H groups in total. The molecule has 1 aliphatic heterocycles. The summed E-state index contributed by atoms with van der Waals surface area (Å²) in [5, 5.41) is 13.8. The average Bonchev–Trinajstić information content (AvgIpc) is 2.91. The topological polar surface area (TPSA) is 74.9 Å². The molecule has 1 aromatic carbocycles. The van der Waals surface area contributed by atoms with E-state index < -0.39 is 6.10 Å². The summed E-state index contributed by atoms with van der Waals surface area (Å²) in [6, 6.07) is 7.56. The van der Waals surface area contributed by atoms with Crippen molar-refractivity contribution < 1.29 is 19.1 Å². The number of aliphatic hydroxyl groups is 1. The second-order valence-electron chi connectivity index (χ2n) is 5.83. The van der Waals surface area contributed by atoms with Gasteiger partial charge in [-0.15, -0.1) is 0 Å². The summed E-state index contributed by atoms with van der Waals surface area (Å²) in [4.78, 5) is 14.4. The summed E-state index contributed by atoms with van der Waals surface area (Å²) in [7, 11) is 0. The first-order valence-corrected chi connectivity index (χ1v) is 7.89. The quantitative estimate of drug-likeness (QED) is 0.865. The Balaban J connectivity index is 1.56. The highest BCUT2D eigenvalue weighted by Crippen LogP contribution is 2.24. The predicted octanol–water partition coefficient (Wildman–Crippen LogP) is 1.16. The van der Waals surface area contributed by atoms with Gasteiger partial charge in [-0.05, 0) is 13.0 Å². The van der Waals surface area contributed by atoms with Crippen molar-refractivity contribution in [2.24, 2.45) is 0 Å². The zero-order valence-electron chi connectivity index (χ0n) is 13.2. The third-order valence-electron chi connectivity index (χ3n) is 4.12. The number of β-amino-alcohol motifs (C(OH)–C–C–N with tert-alkyl or cyclic N) is 1. The molecule has 1 fully saturated rings. The lowest BCUT2D eigenvalue weighted by Gasteiger charge is -2.28. The van der Waals surface area contributed by atoms with Crippen LogP contribution in [0.1, 0.15) is 16.1 Å². The second kappa shape index (κ2) is 7.12. The van der Waals surface area contributed by atoms with Crippen molar-refractivity contribution in [1.29, 1.82) is 0 Å². The van der Waals surface area contributed by atoms with Crippen molar-refractivity contribution in [3.05, 3.63) is 35.6 Å². The van der Waals surface area contributed by atoms with Gasteiger partial charge < -0.3 is 19.6 Å². The fraction of sp³-hybridized carbons (Fsp3) is 0.471. The van der Waals surface area contributed by atoms with Crippen LogP contribution in [0.25, 0.3) is 11.0 Å². The number of aliphatic hydroxyl groups excluding tert-OH is 1. The number of furan rings is 1. The van der Waals surface area contributed by atoms with E-state index in [9.17, 15) is 9.90 Å². The number of carbonyl (C=O) groups excluding carboxylic acids is 1. The molecule has 1 saturated heterocycles. The molecule has 0 bridgehead atoms. The molecule has 0 radical (unpaired) electrons. The Labute approximate surface area is 135 Å². The number of carbonyl (C=O) groups is 1. The lowest BCUT2D eigenvalue weighted by atomic mass is 10.1. The molecule has 1 aromatic heterocycles. The van der Waals surface area contributed by atoms with Crippen molar-refractivity contribution in [3.8, 4) is 0 Å². The Hall–Kier alpha value is -1.89. The molecule has 1 atom stereocenters. The normalized spacial score (nSPS) is 17.3. The van der Waals surface area contributed by atoms with Crippen LogP contribution in [0.2, 0.25) is 0 Å². The Kier molecular flexibility index (Phi) is 4.95. The number of hydrogen-bond acceptors (Lipinski definition) is 5. The average molecular weight is 318 g/mol. The molecule has 1 unspecified atom stereocenters. The zero-order valence-corrected chi connectivity index (χ0v) is 13.2. The Morgan fingerprint density at radius 3 is 2.83 bits per heavy atom. The number of nitrogens with one attached hydrogen (secondary N) is 1. The summed E-state index contributed by atoms with van der Waals surface area (Å²) in [5.41, 5.74) is 1.52. The molecule has 0 saturated carbocycles. The Bertz CT molecular complexity index is 676. The van der Waals surface area contributed by atoms with E-state index in [4.69, 9.17) is 9.15 Å². The van der Waals surface area contributed by atoms with Gasteiger partial charge in [0.15, 0.2) is 5.76 Å². The fourth-order valence-corrected chi connectivity index (χ4v) is 2.83. The number of fused-ring (bicyclic) bond motifs is 1. The molecule has 0 aliphatic carbocycles. The van der Waals surface area contributed by atoms with Crippen LogP contribution in [0.5, 0.6) is 0 Å². The first kappa shape index (κ1) is 16.0. The summed E-state index contributed by atoms with van der Waals surface area (Å²) >= 11 is 0. The maximum Gasteiger partial charge on any atom is 0.287 e.